The zero-order valence-corrected chi connectivity index (χ0v) is 12.0. The maximum absolute atomic E-state index is 11.9. The van der Waals surface area contributed by atoms with E-state index in [0.717, 1.165) is 4.31 Å². The van der Waals surface area contributed by atoms with Gasteiger partial charge in [0.15, 0.2) is 0 Å². The summed E-state index contributed by atoms with van der Waals surface area (Å²) in [7, 11) is -5.74. The molecule has 0 aliphatic carbocycles. The van der Waals surface area contributed by atoms with E-state index in [-0.39, 0.29) is 32.1 Å². The van der Waals surface area contributed by atoms with E-state index < -0.39 is 41.3 Å². The molecule has 10 nitrogen and oxygen atoms in total. The molecule has 0 radical (unpaired) electrons. The third-order valence-electron chi connectivity index (χ3n) is 3.31. The van der Waals surface area contributed by atoms with E-state index in [1.807, 2.05) is 0 Å². The molecular formula is C9H18BN3O7S. The van der Waals surface area contributed by atoms with E-state index in [1.54, 1.807) is 4.72 Å². The van der Waals surface area contributed by atoms with Crippen LogP contribution in [0.3, 0.4) is 0 Å². The molecule has 12 heteroatoms. The van der Waals surface area contributed by atoms with Crippen molar-refractivity contribution in [2.24, 2.45) is 11.7 Å². The molecule has 1 rings (SSSR count). The van der Waals surface area contributed by atoms with Crippen molar-refractivity contribution in [1.82, 2.24) is 9.03 Å². The molecule has 1 aliphatic rings. The van der Waals surface area contributed by atoms with Gasteiger partial charge in [0.2, 0.25) is 0 Å². The maximum atomic E-state index is 11.9. The Morgan fingerprint density at radius 2 is 2.00 bits per heavy atom. The van der Waals surface area contributed by atoms with Gasteiger partial charge in [0.25, 0.3) is 0 Å². The van der Waals surface area contributed by atoms with Crippen LogP contribution in [0, 0.1) is 5.92 Å². The topological polar surface area (TPSA) is 170 Å². The van der Waals surface area contributed by atoms with Crippen LogP contribution in [0.25, 0.3) is 0 Å². The largest absolute Gasteiger partial charge is 0.481 e. The second-order valence-corrected chi connectivity index (χ2v) is 6.42. The second kappa shape index (κ2) is 7.07. The molecule has 1 aliphatic heterocycles. The summed E-state index contributed by atoms with van der Waals surface area (Å²) in [4.78, 5) is 21.9. The summed E-state index contributed by atoms with van der Waals surface area (Å²) in [5.41, 5.74) is 4.79. The lowest BCUT2D eigenvalue weighted by molar-refractivity contribution is -0.142. The summed E-state index contributed by atoms with van der Waals surface area (Å²) in [6.07, 6.45) is 0.476. The molecule has 0 aromatic heterocycles. The number of aliphatic carboxylic acids is 1. The molecule has 0 bridgehead atoms. The Morgan fingerprint density at radius 3 is 2.48 bits per heavy atom. The van der Waals surface area contributed by atoms with Crippen molar-refractivity contribution in [3.8, 4) is 0 Å². The maximum Gasteiger partial charge on any atom is 0.451 e. The first-order valence-electron chi connectivity index (χ1n) is 6.33. The Labute approximate surface area is 122 Å². The fourth-order valence-corrected chi connectivity index (χ4v) is 3.78. The predicted octanol–water partition coefficient (Wildman–Crippen LogP) is -2.07. The Hall–Kier alpha value is -1.37. The van der Waals surface area contributed by atoms with Gasteiger partial charge in [0.1, 0.15) is 0 Å². The Balaban J connectivity index is 2.86. The summed E-state index contributed by atoms with van der Waals surface area (Å²) in [6, 6.07) is -2.11. The fourth-order valence-electron chi connectivity index (χ4n) is 2.45. The third-order valence-corrected chi connectivity index (χ3v) is 4.84. The van der Waals surface area contributed by atoms with Gasteiger partial charge in [-0.05, 0) is 19.2 Å². The van der Waals surface area contributed by atoms with E-state index >= 15 is 0 Å². The molecular weight excluding hydrogens is 305 g/mol. The highest BCUT2D eigenvalue weighted by atomic mass is 32.2. The van der Waals surface area contributed by atoms with Crippen molar-refractivity contribution in [3.05, 3.63) is 0 Å². The number of carbonyl (C=O) groups excluding carboxylic acids is 1. The highest BCUT2D eigenvalue weighted by molar-refractivity contribution is 7.87. The summed E-state index contributed by atoms with van der Waals surface area (Å²) in [5, 5.41) is 26.7. The zero-order chi connectivity index (χ0) is 16.2. The van der Waals surface area contributed by atoms with Crippen molar-refractivity contribution in [1.29, 1.82) is 0 Å². The SMILES string of the molecule is NC(=O)NS(=O)(=O)N1CCC(C(=O)O)C1CCCB(O)O. The first kappa shape index (κ1) is 17.7. The summed E-state index contributed by atoms with van der Waals surface area (Å²) < 4.78 is 26.4. The quantitative estimate of drug-likeness (QED) is 0.335. The van der Waals surface area contributed by atoms with Crippen LogP contribution in [-0.4, -0.2) is 59.6 Å². The minimum Gasteiger partial charge on any atom is -0.481 e. The number of carboxylic acid groups (broad SMARTS) is 1. The number of carbonyl (C=O) groups is 2. The van der Waals surface area contributed by atoms with Gasteiger partial charge >= 0.3 is 29.3 Å². The normalized spacial score (nSPS) is 23.0. The second-order valence-electron chi connectivity index (χ2n) is 4.79. The first-order chi connectivity index (χ1) is 9.65. The number of hydrogen-bond donors (Lipinski definition) is 5. The standard InChI is InChI=1S/C9H18BN3O7S/c11-9(16)12-21(19,20)13-5-3-6(8(14)15)7(13)2-1-4-10(17)18/h6-7,17-18H,1-5H2,(H,14,15)(H3,11,12,16). The Kier molecular flexibility index (Phi) is 5.95. The molecule has 0 aromatic rings. The molecule has 21 heavy (non-hydrogen) atoms. The zero-order valence-electron chi connectivity index (χ0n) is 11.2. The van der Waals surface area contributed by atoms with Crippen molar-refractivity contribution in [2.45, 2.75) is 31.6 Å². The van der Waals surface area contributed by atoms with Gasteiger partial charge in [-0.3, -0.25) is 4.79 Å². The number of rotatable bonds is 7. The minimum absolute atomic E-state index is 0.0000251. The number of carboxylic acids is 1. The van der Waals surface area contributed by atoms with Gasteiger partial charge in [-0.15, -0.1) is 0 Å². The molecule has 0 aromatic carbocycles. The molecule has 1 saturated heterocycles. The van der Waals surface area contributed by atoms with Gasteiger partial charge in [-0.25, -0.2) is 9.52 Å². The molecule has 2 amide bonds. The monoisotopic (exact) mass is 323 g/mol. The van der Waals surface area contributed by atoms with Crippen LogP contribution in [-0.2, 0) is 15.0 Å². The number of urea groups is 1. The van der Waals surface area contributed by atoms with Crippen LogP contribution in [0.1, 0.15) is 19.3 Å². The Morgan fingerprint density at radius 1 is 1.38 bits per heavy atom. The lowest BCUT2D eigenvalue weighted by atomic mass is 9.82. The fraction of sp³-hybridized carbons (Fsp3) is 0.778. The molecule has 120 valence electrons. The molecule has 0 spiro atoms. The number of amides is 2. The Bertz CT molecular complexity index is 498. The molecule has 0 saturated carbocycles. The van der Waals surface area contributed by atoms with Gasteiger partial charge in [-0.1, -0.05) is 6.42 Å². The van der Waals surface area contributed by atoms with Crippen molar-refractivity contribution >= 4 is 29.3 Å². The van der Waals surface area contributed by atoms with Crippen LogP contribution in [0.4, 0.5) is 4.79 Å². The number of nitrogens with one attached hydrogen (secondary N) is 1. The molecule has 1 heterocycles. The first-order valence-corrected chi connectivity index (χ1v) is 7.77. The lowest BCUT2D eigenvalue weighted by Gasteiger charge is -2.25. The lowest BCUT2D eigenvalue weighted by Crippen LogP contribution is -2.49. The number of nitrogens with two attached hydrogens (primary N) is 1. The minimum atomic E-state index is -4.21. The summed E-state index contributed by atoms with van der Waals surface area (Å²) >= 11 is 0. The van der Waals surface area contributed by atoms with Crippen molar-refractivity contribution < 1.29 is 33.2 Å². The highest BCUT2D eigenvalue weighted by Gasteiger charge is 2.44. The average molecular weight is 323 g/mol. The summed E-state index contributed by atoms with van der Waals surface area (Å²) in [6.45, 7) is -0.0497. The van der Waals surface area contributed by atoms with E-state index in [1.165, 1.54) is 0 Å². The van der Waals surface area contributed by atoms with E-state index in [2.05, 4.69) is 0 Å². The third kappa shape index (κ3) is 4.84. The van der Waals surface area contributed by atoms with Crippen LogP contribution in [0.5, 0.6) is 0 Å². The number of nitrogens with zero attached hydrogens (tertiary/aromatic N) is 1. The van der Waals surface area contributed by atoms with E-state index in [0.29, 0.717) is 0 Å². The van der Waals surface area contributed by atoms with Gasteiger partial charge in [-0.2, -0.15) is 12.7 Å². The van der Waals surface area contributed by atoms with Crippen molar-refractivity contribution in [3.63, 3.8) is 0 Å². The molecule has 2 unspecified atom stereocenters. The summed E-state index contributed by atoms with van der Waals surface area (Å²) in [5.74, 6) is -2.05. The van der Waals surface area contributed by atoms with Gasteiger partial charge in [0, 0.05) is 12.6 Å². The van der Waals surface area contributed by atoms with Crippen molar-refractivity contribution in [2.75, 3.05) is 6.54 Å². The van der Waals surface area contributed by atoms with Crippen LogP contribution < -0.4 is 10.5 Å². The predicted molar refractivity (Wildman–Crippen MR) is 72.1 cm³/mol. The average Bonchev–Trinajstić information content (AvgIpc) is 2.71. The van der Waals surface area contributed by atoms with E-state index in [9.17, 15) is 18.0 Å². The smallest absolute Gasteiger partial charge is 0.451 e. The van der Waals surface area contributed by atoms with Gasteiger partial charge in [0.05, 0.1) is 5.92 Å². The van der Waals surface area contributed by atoms with E-state index in [4.69, 9.17) is 20.9 Å². The van der Waals surface area contributed by atoms with Crippen LogP contribution in [0.2, 0.25) is 6.32 Å². The number of primary amides is 1. The molecule has 6 N–H and O–H groups in total. The number of hydrogen-bond acceptors (Lipinski definition) is 6. The molecule has 1 fully saturated rings. The molecule has 2 atom stereocenters. The van der Waals surface area contributed by atoms with Crippen LogP contribution >= 0.6 is 0 Å². The highest BCUT2D eigenvalue weighted by Crippen LogP contribution is 2.30. The van der Waals surface area contributed by atoms with Crippen LogP contribution in [0.15, 0.2) is 0 Å². The van der Waals surface area contributed by atoms with Gasteiger partial charge < -0.3 is 20.9 Å².